The zero-order valence-corrected chi connectivity index (χ0v) is 13.0. The van der Waals surface area contributed by atoms with Crippen LogP contribution >= 0.6 is 0 Å². The van der Waals surface area contributed by atoms with Crippen molar-refractivity contribution in [3.05, 3.63) is 42.1 Å². The summed E-state index contributed by atoms with van der Waals surface area (Å²) in [6, 6.07) is 10.8. The van der Waals surface area contributed by atoms with E-state index in [2.05, 4.69) is 36.2 Å². The van der Waals surface area contributed by atoms with Crippen molar-refractivity contribution in [1.29, 1.82) is 0 Å². The summed E-state index contributed by atoms with van der Waals surface area (Å²) in [4.78, 5) is 4.45. The average Bonchev–Trinajstić information content (AvgIpc) is 2.55. The van der Waals surface area contributed by atoms with Crippen LogP contribution in [0.5, 0.6) is 0 Å². The molecule has 0 saturated heterocycles. The Morgan fingerprint density at radius 3 is 2.95 bits per heavy atom. The normalized spacial score (nSPS) is 24.1. The molecule has 2 heteroatoms. The first-order valence-electron chi connectivity index (χ1n) is 8.36. The Morgan fingerprint density at radius 1 is 1.24 bits per heavy atom. The lowest BCUT2D eigenvalue weighted by Crippen LogP contribution is -2.35. The minimum Gasteiger partial charge on any atom is -0.327 e. The Labute approximate surface area is 127 Å². The third-order valence-electron chi connectivity index (χ3n) is 5.20. The van der Waals surface area contributed by atoms with Crippen LogP contribution in [0.3, 0.4) is 0 Å². The molecule has 1 aromatic carbocycles. The number of hydrogen-bond donors (Lipinski definition) is 1. The number of nitrogens with zero attached hydrogens (tertiary/aromatic N) is 1. The van der Waals surface area contributed by atoms with Gasteiger partial charge < -0.3 is 5.73 Å². The van der Waals surface area contributed by atoms with E-state index in [1.165, 1.54) is 43.1 Å². The summed E-state index contributed by atoms with van der Waals surface area (Å²) in [6.07, 6.45) is 9.58. The van der Waals surface area contributed by atoms with Gasteiger partial charge in [0.05, 0.1) is 5.52 Å². The van der Waals surface area contributed by atoms with Crippen molar-refractivity contribution in [2.45, 2.75) is 51.5 Å². The number of hydrogen-bond acceptors (Lipinski definition) is 2. The van der Waals surface area contributed by atoms with E-state index in [1.54, 1.807) is 0 Å². The molecule has 1 heterocycles. The van der Waals surface area contributed by atoms with Gasteiger partial charge in [-0.2, -0.15) is 0 Å². The van der Waals surface area contributed by atoms with E-state index < -0.39 is 0 Å². The van der Waals surface area contributed by atoms with Gasteiger partial charge >= 0.3 is 0 Å². The van der Waals surface area contributed by atoms with Crippen LogP contribution in [0.1, 0.15) is 44.6 Å². The van der Waals surface area contributed by atoms with Crippen LogP contribution < -0.4 is 5.73 Å². The van der Waals surface area contributed by atoms with Crippen molar-refractivity contribution in [3.63, 3.8) is 0 Å². The molecule has 1 aliphatic rings. The lowest BCUT2D eigenvalue weighted by molar-refractivity contribution is 0.228. The maximum atomic E-state index is 6.57. The van der Waals surface area contributed by atoms with Crippen molar-refractivity contribution >= 4 is 10.9 Å². The first-order valence-corrected chi connectivity index (χ1v) is 8.36. The summed E-state index contributed by atoms with van der Waals surface area (Å²) in [6.45, 7) is 2.31. The summed E-state index contributed by atoms with van der Waals surface area (Å²) < 4.78 is 0. The number of rotatable bonds is 4. The third kappa shape index (κ3) is 3.26. The monoisotopic (exact) mass is 282 g/mol. The van der Waals surface area contributed by atoms with E-state index in [4.69, 9.17) is 5.73 Å². The first kappa shape index (κ1) is 14.5. The number of pyridine rings is 1. The molecule has 0 aliphatic heterocycles. The fourth-order valence-corrected chi connectivity index (χ4v) is 3.85. The average molecular weight is 282 g/mol. The Morgan fingerprint density at radius 2 is 2.10 bits per heavy atom. The Kier molecular flexibility index (Phi) is 4.54. The van der Waals surface area contributed by atoms with Crippen LogP contribution in [0.2, 0.25) is 0 Å². The maximum Gasteiger partial charge on any atom is 0.0704 e. The van der Waals surface area contributed by atoms with Gasteiger partial charge in [0.2, 0.25) is 0 Å². The lowest BCUT2D eigenvalue weighted by Gasteiger charge is -2.32. The van der Waals surface area contributed by atoms with E-state index in [0.29, 0.717) is 5.92 Å². The van der Waals surface area contributed by atoms with Crippen molar-refractivity contribution in [2.24, 2.45) is 17.6 Å². The summed E-state index contributed by atoms with van der Waals surface area (Å²) in [5, 5.41) is 1.26. The first-order chi connectivity index (χ1) is 10.3. The molecule has 1 fully saturated rings. The van der Waals surface area contributed by atoms with Crippen LogP contribution in [-0.4, -0.2) is 11.0 Å². The predicted octanol–water partition coefficient (Wildman–Crippen LogP) is 4.32. The lowest BCUT2D eigenvalue weighted by atomic mass is 9.75. The number of para-hydroxylation sites is 1. The van der Waals surface area contributed by atoms with Crippen LogP contribution in [0.25, 0.3) is 10.9 Å². The Hall–Kier alpha value is -1.41. The SMILES string of the molecule is CCC1CCCC(C(N)Cc2ccnc3ccccc23)C1. The van der Waals surface area contributed by atoms with Gasteiger partial charge in [-0.15, -0.1) is 0 Å². The fourth-order valence-electron chi connectivity index (χ4n) is 3.85. The fraction of sp³-hybridized carbons (Fsp3) is 0.526. The molecular weight excluding hydrogens is 256 g/mol. The molecule has 21 heavy (non-hydrogen) atoms. The summed E-state index contributed by atoms with van der Waals surface area (Å²) in [5.41, 5.74) is 9.00. The molecule has 2 aromatic rings. The number of benzene rings is 1. The van der Waals surface area contributed by atoms with Crippen LogP contribution in [0.15, 0.2) is 36.5 Å². The topological polar surface area (TPSA) is 38.9 Å². The quantitative estimate of drug-likeness (QED) is 0.907. The van der Waals surface area contributed by atoms with E-state index in [9.17, 15) is 0 Å². The Balaban J connectivity index is 1.75. The molecule has 3 atom stereocenters. The Bertz CT molecular complexity index is 588. The van der Waals surface area contributed by atoms with Gasteiger partial charge in [0, 0.05) is 17.6 Å². The number of aromatic nitrogens is 1. The van der Waals surface area contributed by atoms with Gasteiger partial charge in [0.15, 0.2) is 0 Å². The molecular formula is C19H26N2. The molecule has 1 aliphatic carbocycles. The third-order valence-corrected chi connectivity index (χ3v) is 5.20. The van der Waals surface area contributed by atoms with Crippen molar-refractivity contribution in [1.82, 2.24) is 4.98 Å². The van der Waals surface area contributed by atoms with Gasteiger partial charge in [-0.25, -0.2) is 0 Å². The molecule has 3 rings (SSSR count). The minimum absolute atomic E-state index is 0.283. The smallest absolute Gasteiger partial charge is 0.0704 e. The largest absolute Gasteiger partial charge is 0.327 e. The van der Waals surface area contributed by atoms with Crippen molar-refractivity contribution < 1.29 is 0 Å². The van der Waals surface area contributed by atoms with E-state index in [0.717, 1.165) is 17.9 Å². The van der Waals surface area contributed by atoms with Gasteiger partial charge in [0.1, 0.15) is 0 Å². The molecule has 112 valence electrons. The van der Waals surface area contributed by atoms with Gasteiger partial charge in [-0.3, -0.25) is 4.98 Å². The second-order valence-electron chi connectivity index (χ2n) is 6.56. The maximum absolute atomic E-state index is 6.57. The van der Waals surface area contributed by atoms with E-state index in [1.807, 2.05) is 12.3 Å². The summed E-state index contributed by atoms with van der Waals surface area (Å²) >= 11 is 0. The highest BCUT2D eigenvalue weighted by Gasteiger charge is 2.25. The van der Waals surface area contributed by atoms with Crippen molar-refractivity contribution in [3.8, 4) is 0 Å². The molecule has 0 radical (unpaired) electrons. The molecule has 3 unspecified atom stereocenters. The molecule has 0 bridgehead atoms. The van der Waals surface area contributed by atoms with Crippen LogP contribution in [0, 0.1) is 11.8 Å². The molecule has 1 aromatic heterocycles. The predicted molar refractivity (Wildman–Crippen MR) is 89.2 cm³/mol. The number of nitrogens with two attached hydrogens (primary N) is 1. The van der Waals surface area contributed by atoms with Gasteiger partial charge in [0.25, 0.3) is 0 Å². The minimum atomic E-state index is 0.283. The zero-order valence-electron chi connectivity index (χ0n) is 13.0. The van der Waals surface area contributed by atoms with Crippen LogP contribution in [0.4, 0.5) is 0 Å². The summed E-state index contributed by atoms with van der Waals surface area (Å²) in [7, 11) is 0. The van der Waals surface area contributed by atoms with Crippen LogP contribution in [-0.2, 0) is 6.42 Å². The second-order valence-corrected chi connectivity index (χ2v) is 6.56. The highest BCUT2D eigenvalue weighted by Crippen LogP contribution is 2.33. The molecule has 2 N–H and O–H groups in total. The number of fused-ring (bicyclic) bond motifs is 1. The highest BCUT2D eigenvalue weighted by molar-refractivity contribution is 5.81. The van der Waals surface area contributed by atoms with E-state index in [-0.39, 0.29) is 6.04 Å². The second kappa shape index (κ2) is 6.57. The van der Waals surface area contributed by atoms with Gasteiger partial charge in [-0.1, -0.05) is 44.4 Å². The van der Waals surface area contributed by atoms with E-state index >= 15 is 0 Å². The highest BCUT2D eigenvalue weighted by atomic mass is 14.7. The zero-order chi connectivity index (χ0) is 14.7. The molecule has 1 saturated carbocycles. The van der Waals surface area contributed by atoms with Gasteiger partial charge in [-0.05, 0) is 48.8 Å². The van der Waals surface area contributed by atoms with Crippen molar-refractivity contribution in [2.75, 3.05) is 0 Å². The standard InChI is InChI=1S/C19H26N2/c1-2-14-6-5-7-16(12-14)18(20)13-15-10-11-21-19-9-4-3-8-17(15)19/h3-4,8-11,14,16,18H,2,5-7,12-13,20H2,1H3. The molecule has 2 nitrogen and oxygen atoms in total. The summed E-state index contributed by atoms with van der Waals surface area (Å²) in [5.74, 6) is 1.58. The molecule has 0 spiro atoms. The molecule has 0 amide bonds.